The SMILES string of the molecule is CN(CC(=O)N1CCCC(C(=O)O)C1)C(=O)c1ccc2c(c1)COC2. The Bertz CT molecular complexity index is 703. The van der Waals surface area contributed by atoms with Crippen molar-refractivity contribution in [2.24, 2.45) is 5.92 Å². The minimum atomic E-state index is -0.873. The van der Waals surface area contributed by atoms with Gasteiger partial charge in [-0.25, -0.2) is 0 Å². The van der Waals surface area contributed by atoms with Crippen LogP contribution in [-0.2, 0) is 27.5 Å². The van der Waals surface area contributed by atoms with Gasteiger partial charge in [0.2, 0.25) is 5.91 Å². The Morgan fingerprint density at radius 3 is 2.80 bits per heavy atom. The summed E-state index contributed by atoms with van der Waals surface area (Å²) in [7, 11) is 1.59. The maximum Gasteiger partial charge on any atom is 0.308 e. The van der Waals surface area contributed by atoms with Gasteiger partial charge in [0.05, 0.1) is 25.7 Å². The van der Waals surface area contributed by atoms with Crippen molar-refractivity contribution >= 4 is 17.8 Å². The van der Waals surface area contributed by atoms with E-state index in [0.717, 1.165) is 11.1 Å². The highest BCUT2D eigenvalue weighted by atomic mass is 16.5. The molecule has 7 nitrogen and oxygen atoms in total. The molecule has 1 N–H and O–H groups in total. The second kappa shape index (κ2) is 7.23. The number of amides is 2. The third-order valence-corrected chi connectivity index (χ3v) is 4.81. The zero-order chi connectivity index (χ0) is 18.0. The highest BCUT2D eigenvalue weighted by molar-refractivity contribution is 5.96. The van der Waals surface area contributed by atoms with E-state index >= 15 is 0 Å². The van der Waals surface area contributed by atoms with Crippen molar-refractivity contribution in [2.45, 2.75) is 26.1 Å². The first-order valence-corrected chi connectivity index (χ1v) is 8.41. The summed E-state index contributed by atoms with van der Waals surface area (Å²) in [4.78, 5) is 39.0. The molecule has 134 valence electrons. The van der Waals surface area contributed by atoms with Gasteiger partial charge >= 0.3 is 5.97 Å². The number of ether oxygens (including phenoxy) is 1. The van der Waals surface area contributed by atoms with Crippen molar-refractivity contribution in [3.63, 3.8) is 0 Å². The van der Waals surface area contributed by atoms with Gasteiger partial charge in [0.15, 0.2) is 0 Å². The Morgan fingerprint density at radius 1 is 1.28 bits per heavy atom. The van der Waals surface area contributed by atoms with Gasteiger partial charge in [-0.05, 0) is 36.1 Å². The number of carboxylic acids is 1. The number of aliphatic carboxylic acids is 1. The number of carbonyl (C=O) groups excluding carboxylic acids is 2. The minimum Gasteiger partial charge on any atom is -0.481 e. The normalized spacial score (nSPS) is 19.4. The van der Waals surface area contributed by atoms with Crippen LogP contribution in [0.2, 0.25) is 0 Å². The van der Waals surface area contributed by atoms with Crippen molar-refractivity contribution in [2.75, 3.05) is 26.7 Å². The molecule has 1 saturated heterocycles. The molecule has 1 unspecified atom stereocenters. The Labute approximate surface area is 146 Å². The maximum absolute atomic E-state index is 12.6. The summed E-state index contributed by atoms with van der Waals surface area (Å²) in [5.41, 5.74) is 2.62. The highest BCUT2D eigenvalue weighted by Crippen LogP contribution is 2.22. The number of fused-ring (bicyclic) bond motifs is 1. The minimum absolute atomic E-state index is 0.0568. The van der Waals surface area contributed by atoms with Crippen LogP contribution in [0.1, 0.15) is 34.3 Å². The summed E-state index contributed by atoms with van der Waals surface area (Å²) in [6, 6.07) is 5.44. The maximum atomic E-state index is 12.6. The molecule has 1 atom stereocenters. The zero-order valence-corrected chi connectivity index (χ0v) is 14.2. The molecule has 0 bridgehead atoms. The molecule has 0 aliphatic carbocycles. The monoisotopic (exact) mass is 346 g/mol. The van der Waals surface area contributed by atoms with E-state index in [9.17, 15) is 14.4 Å². The second-order valence-electron chi connectivity index (χ2n) is 6.65. The molecule has 0 aromatic heterocycles. The number of likely N-dealkylation sites (N-methyl/N-ethyl adjacent to an activating group) is 1. The first-order chi connectivity index (χ1) is 12.0. The number of likely N-dealkylation sites (tertiary alicyclic amines) is 1. The summed E-state index contributed by atoms with van der Waals surface area (Å²) >= 11 is 0. The molecule has 7 heteroatoms. The van der Waals surface area contributed by atoms with Gasteiger partial charge in [0.25, 0.3) is 5.91 Å². The lowest BCUT2D eigenvalue weighted by atomic mass is 9.98. The highest BCUT2D eigenvalue weighted by Gasteiger charge is 2.29. The Hall–Kier alpha value is -2.41. The quantitative estimate of drug-likeness (QED) is 0.882. The number of hydrogen-bond donors (Lipinski definition) is 1. The molecule has 2 heterocycles. The second-order valence-corrected chi connectivity index (χ2v) is 6.65. The van der Waals surface area contributed by atoms with Crippen molar-refractivity contribution in [3.8, 4) is 0 Å². The molecule has 25 heavy (non-hydrogen) atoms. The van der Waals surface area contributed by atoms with Crippen LogP contribution in [0.15, 0.2) is 18.2 Å². The van der Waals surface area contributed by atoms with E-state index in [0.29, 0.717) is 38.2 Å². The molecule has 2 aliphatic heterocycles. The molecule has 0 saturated carbocycles. The number of piperidine rings is 1. The molecule has 0 radical (unpaired) electrons. The van der Waals surface area contributed by atoms with Gasteiger partial charge in [0, 0.05) is 25.7 Å². The van der Waals surface area contributed by atoms with Gasteiger partial charge in [0.1, 0.15) is 0 Å². The van der Waals surface area contributed by atoms with Crippen LogP contribution in [0.4, 0.5) is 0 Å². The van der Waals surface area contributed by atoms with E-state index in [4.69, 9.17) is 9.84 Å². The lowest BCUT2D eigenvalue weighted by molar-refractivity contribution is -0.145. The van der Waals surface area contributed by atoms with Crippen LogP contribution in [-0.4, -0.2) is 59.4 Å². The third kappa shape index (κ3) is 3.82. The van der Waals surface area contributed by atoms with E-state index < -0.39 is 11.9 Å². The number of rotatable bonds is 4. The summed E-state index contributed by atoms with van der Waals surface area (Å²) in [5.74, 6) is -1.83. The molecule has 2 amide bonds. The van der Waals surface area contributed by atoms with Crippen molar-refractivity contribution in [1.82, 2.24) is 9.80 Å². The number of carbonyl (C=O) groups is 3. The Balaban J connectivity index is 1.61. The summed E-state index contributed by atoms with van der Waals surface area (Å²) in [6.07, 6.45) is 1.26. The van der Waals surface area contributed by atoms with Gasteiger partial charge < -0.3 is 19.6 Å². The molecular formula is C18H22N2O5. The van der Waals surface area contributed by atoms with Crippen LogP contribution in [0, 0.1) is 5.92 Å². The van der Waals surface area contributed by atoms with E-state index in [1.165, 1.54) is 4.90 Å². The van der Waals surface area contributed by atoms with E-state index in [1.807, 2.05) is 12.1 Å². The summed E-state index contributed by atoms with van der Waals surface area (Å²) in [6.45, 7) is 1.77. The smallest absolute Gasteiger partial charge is 0.308 e. The molecule has 0 spiro atoms. The van der Waals surface area contributed by atoms with E-state index in [-0.39, 0.29) is 24.9 Å². The molecule has 2 aliphatic rings. The average molecular weight is 346 g/mol. The fraction of sp³-hybridized carbons (Fsp3) is 0.500. The Kier molecular flexibility index (Phi) is 5.03. The van der Waals surface area contributed by atoms with E-state index in [2.05, 4.69) is 0 Å². The van der Waals surface area contributed by atoms with Crippen LogP contribution < -0.4 is 0 Å². The fourth-order valence-electron chi connectivity index (χ4n) is 3.31. The molecular weight excluding hydrogens is 324 g/mol. The van der Waals surface area contributed by atoms with E-state index in [1.54, 1.807) is 18.0 Å². The van der Waals surface area contributed by atoms with Crippen LogP contribution in [0.5, 0.6) is 0 Å². The van der Waals surface area contributed by atoms with Gasteiger partial charge in [-0.3, -0.25) is 14.4 Å². The predicted molar refractivity (Wildman–Crippen MR) is 88.8 cm³/mol. The van der Waals surface area contributed by atoms with Gasteiger partial charge in [-0.15, -0.1) is 0 Å². The molecule has 1 aromatic rings. The largest absolute Gasteiger partial charge is 0.481 e. The summed E-state index contributed by atoms with van der Waals surface area (Å²) < 4.78 is 5.35. The van der Waals surface area contributed by atoms with Crippen molar-refractivity contribution in [1.29, 1.82) is 0 Å². The van der Waals surface area contributed by atoms with Gasteiger partial charge in [-0.1, -0.05) is 6.07 Å². The molecule has 1 aromatic carbocycles. The van der Waals surface area contributed by atoms with Crippen LogP contribution in [0.3, 0.4) is 0 Å². The molecule has 3 rings (SSSR count). The number of carboxylic acid groups (broad SMARTS) is 1. The number of hydrogen-bond acceptors (Lipinski definition) is 4. The first kappa shape index (κ1) is 17.4. The predicted octanol–water partition coefficient (Wildman–Crippen LogP) is 1.11. The summed E-state index contributed by atoms with van der Waals surface area (Å²) in [5, 5.41) is 9.12. The van der Waals surface area contributed by atoms with Crippen molar-refractivity contribution in [3.05, 3.63) is 34.9 Å². The number of benzene rings is 1. The average Bonchev–Trinajstić information content (AvgIpc) is 3.08. The lowest BCUT2D eigenvalue weighted by Crippen LogP contribution is -2.46. The number of nitrogens with zero attached hydrogens (tertiary/aromatic N) is 2. The van der Waals surface area contributed by atoms with Gasteiger partial charge in [-0.2, -0.15) is 0 Å². The molecule has 1 fully saturated rings. The lowest BCUT2D eigenvalue weighted by Gasteiger charge is -2.32. The zero-order valence-electron chi connectivity index (χ0n) is 14.2. The standard InChI is InChI=1S/C18H22N2O5/c1-19(9-16(21)20-6-2-3-13(8-20)18(23)24)17(22)12-4-5-14-10-25-11-15(14)7-12/h4-5,7,13H,2-3,6,8-11H2,1H3,(H,23,24). The third-order valence-electron chi connectivity index (χ3n) is 4.81. The van der Waals surface area contributed by atoms with Crippen LogP contribution >= 0.6 is 0 Å². The Morgan fingerprint density at radius 2 is 2.04 bits per heavy atom. The van der Waals surface area contributed by atoms with Crippen molar-refractivity contribution < 1.29 is 24.2 Å². The first-order valence-electron chi connectivity index (χ1n) is 8.41. The fourth-order valence-corrected chi connectivity index (χ4v) is 3.31. The topological polar surface area (TPSA) is 87.2 Å². The van der Waals surface area contributed by atoms with Crippen LogP contribution in [0.25, 0.3) is 0 Å².